The second-order valence-corrected chi connectivity index (χ2v) is 9.92. The zero-order valence-electron chi connectivity index (χ0n) is 15.7. The van der Waals surface area contributed by atoms with E-state index in [-0.39, 0.29) is 24.2 Å². The van der Waals surface area contributed by atoms with Crippen LogP contribution in [0.25, 0.3) is 0 Å². The van der Waals surface area contributed by atoms with Gasteiger partial charge in [-0.05, 0) is 24.7 Å². The van der Waals surface area contributed by atoms with Gasteiger partial charge >= 0.3 is 15.2 Å². The van der Waals surface area contributed by atoms with Crippen molar-refractivity contribution in [2.75, 3.05) is 12.3 Å². The highest BCUT2D eigenvalue weighted by atomic mass is 31.2. The topological polar surface area (TPSA) is 115 Å². The molecule has 6 nitrogen and oxygen atoms in total. The smallest absolute Gasteiger partial charge is 0.324 e. The van der Waals surface area contributed by atoms with E-state index in [2.05, 4.69) is 13.8 Å². The molecule has 0 aromatic heterocycles. The summed E-state index contributed by atoms with van der Waals surface area (Å²) >= 11 is 0. The van der Waals surface area contributed by atoms with Crippen molar-refractivity contribution in [1.82, 2.24) is 0 Å². The van der Waals surface area contributed by atoms with Gasteiger partial charge in [0, 0.05) is 0 Å². The van der Waals surface area contributed by atoms with Crippen molar-refractivity contribution >= 4 is 15.2 Å². The number of rotatable bonds is 12. The van der Waals surface area contributed by atoms with Crippen LogP contribution in [0.15, 0.2) is 0 Å². The van der Waals surface area contributed by atoms with Crippen LogP contribution in [0.4, 0.5) is 0 Å². The Kier molecular flexibility index (Phi) is 16.0. The van der Waals surface area contributed by atoms with Crippen molar-refractivity contribution in [3.05, 3.63) is 0 Å². The average molecular weight is 388 g/mol. The Labute approximate surface area is 147 Å². The van der Waals surface area contributed by atoms with Gasteiger partial charge in [-0.2, -0.15) is 0 Å². The minimum absolute atomic E-state index is 0.0590. The predicted octanol–water partition coefficient (Wildman–Crippen LogP) is 4.76. The summed E-state index contributed by atoms with van der Waals surface area (Å²) in [6.07, 6.45) is 8.06. The summed E-state index contributed by atoms with van der Waals surface area (Å²) in [7, 11) is -7.56. The molecular weight excluding hydrogens is 350 g/mol. The fourth-order valence-corrected chi connectivity index (χ4v) is 4.73. The molecule has 0 radical (unpaired) electrons. The first-order chi connectivity index (χ1) is 11.0. The maximum Gasteiger partial charge on any atom is 0.325 e. The Morgan fingerprint density at radius 1 is 0.667 bits per heavy atom. The molecule has 0 heterocycles. The van der Waals surface area contributed by atoms with Gasteiger partial charge in [0.25, 0.3) is 0 Å². The van der Waals surface area contributed by atoms with Crippen LogP contribution in [0.3, 0.4) is 0 Å². The molecule has 0 aromatic rings. The molecule has 0 bridgehead atoms. The molecule has 0 fully saturated rings. The summed E-state index contributed by atoms with van der Waals surface area (Å²) in [5.74, 6) is 0.400. The van der Waals surface area contributed by atoms with Crippen molar-refractivity contribution in [2.24, 2.45) is 11.8 Å². The Bertz CT molecular complexity index is 341. The first kappa shape index (κ1) is 26.5. The number of hydrogen-bond donors (Lipinski definition) is 4. The molecule has 0 amide bonds. The van der Waals surface area contributed by atoms with E-state index in [0.29, 0.717) is 0 Å². The van der Waals surface area contributed by atoms with E-state index in [1.165, 1.54) is 0 Å². The minimum Gasteiger partial charge on any atom is -0.324 e. The largest absolute Gasteiger partial charge is 0.325 e. The lowest BCUT2D eigenvalue weighted by atomic mass is 10.0. The van der Waals surface area contributed by atoms with Crippen molar-refractivity contribution in [3.63, 3.8) is 0 Å². The van der Waals surface area contributed by atoms with Gasteiger partial charge < -0.3 is 19.6 Å². The summed E-state index contributed by atoms with van der Waals surface area (Å²) in [5, 5.41) is 0. The number of unbranched alkanes of at least 4 members (excludes halogenated alkanes) is 2. The molecule has 2 atom stereocenters. The molecule has 4 N–H and O–H groups in total. The van der Waals surface area contributed by atoms with Crippen LogP contribution in [0.5, 0.6) is 0 Å². The Morgan fingerprint density at radius 2 is 0.958 bits per heavy atom. The Hall–Kier alpha value is 0.300. The highest BCUT2D eigenvalue weighted by Crippen LogP contribution is 2.39. The zero-order chi connectivity index (χ0) is 19.2. The molecule has 0 saturated heterocycles. The third-order valence-corrected chi connectivity index (χ3v) is 6.06. The van der Waals surface area contributed by atoms with E-state index in [9.17, 15) is 9.13 Å². The van der Waals surface area contributed by atoms with Crippen LogP contribution in [-0.4, -0.2) is 31.9 Å². The highest BCUT2D eigenvalue weighted by Gasteiger charge is 2.20. The summed E-state index contributed by atoms with van der Waals surface area (Å²) < 4.78 is 21.3. The van der Waals surface area contributed by atoms with E-state index >= 15 is 0 Å². The SMILES string of the molecule is CCCCC(CC)CP(=O)(O)O.CCCCC(CC)CP(=O)(O)O. The standard InChI is InChI=1S/2C8H19O3P/c2*1-3-5-6-8(4-2)7-12(9,10)11/h2*8H,3-7H2,1-2H3,(H2,9,10,11). The predicted molar refractivity (Wildman–Crippen MR) is 100 cm³/mol. The first-order valence-electron chi connectivity index (χ1n) is 9.08. The van der Waals surface area contributed by atoms with Crippen LogP contribution in [0, 0.1) is 11.8 Å². The Balaban J connectivity index is 0. The maximum atomic E-state index is 10.7. The molecule has 0 aliphatic heterocycles. The van der Waals surface area contributed by atoms with E-state index in [1.54, 1.807) is 0 Å². The van der Waals surface area contributed by atoms with E-state index < -0.39 is 15.2 Å². The van der Waals surface area contributed by atoms with Gasteiger partial charge in [0.2, 0.25) is 0 Å². The number of hydrogen-bond acceptors (Lipinski definition) is 2. The van der Waals surface area contributed by atoms with Gasteiger partial charge in [-0.1, -0.05) is 66.2 Å². The Morgan fingerprint density at radius 3 is 1.12 bits per heavy atom. The summed E-state index contributed by atoms with van der Waals surface area (Å²) in [6, 6.07) is 0. The lowest BCUT2D eigenvalue weighted by Crippen LogP contribution is -2.05. The summed E-state index contributed by atoms with van der Waals surface area (Å²) in [4.78, 5) is 34.9. The van der Waals surface area contributed by atoms with Crippen LogP contribution in [0.1, 0.15) is 79.1 Å². The van der Waals surface area contributed by atoms with Gasteiger partial charge in [-0.25, -0.2) is 0 Å². The second-order valence-electron chi connectivity index (χ2n) is 6.53. The molecular formula is C16H38O6P2. The monoisotopic (exact) mass is 388 g/mol. The van der Waals surface area contributed by atoms with Gasteiger partial charge in [0.05, 0.1) is 12.3 Å². The average Bonchev–Trinajstić information content (AvgIpc) is 2.46. The van der Waals surface area contributed by atoms with Crippen molar-refractivity contribution in [1.29, 1.82) is 0 Å². The van der Waals surface area contributed by atoms with Gasteiger partial charge in [-0.3, -0.25) is 9.13 Å². The zero-order valence-corrected chi connectivity index (χ0v) is 17.5. The summed E-state index contributed by atoms with van der Waals surface area (Å²) in [6.45, 7) is 8.14. The molecule has 0 spiro atoms. The van der Waals surface area contributed by atoms with Crippen LogP contribution in [-0.2, 0) is 9.13 Å². The highest BCUT2D eigenvalue weighted by molar-refractivity contribution is 7.52. The quantitative estimate of drug-likeness (QED) is 0.358. The molecule has 0 rings (SSSR count). The maximum absolute atomic E-state index is 10.7. The van der Waals surface area contributed by atoms with E-state index in [1.807, 2.05) is 13.8 Å². The molecule has 0 aromatic carbocycles. The van der Waals surface area contributed by atoms with E-state index in [4.69, 9.17) is 19.6 Å². The third-order valence-electron chi connectivity index (χ3n) is 4.08. The fourth-order valence-electron chi connectivity index (χ4n) is 2.51. The summed E-state index contributed by atoms with van der Waals surface area (Å²) in [5.41, 5.74) is 0. The van der Waals surface area contributed by atoms with Crippen molar-refractivity contribution < 1.29 is 28.7 Å². The van der Waals surface area contributed by atoms with Crippen LogP contribution in [0.2, 0.25) is 0 Å². The lowest BCUT2D eigenvalue weighted by molar-refractivity contribution is 0.352. The molecule has 8 heteroatoms. The molecule has 2 unspecified atom stereocenters. The second kappa shape index (κ2) is 14.5. The molecule has 0 aliphatic carbocycles. The molecule has 148 valence electrons. The fraction of sp³-hybridized carbons (Fsp3) is 1.00. The van der Waals surface area contributed by atoms with Crippen LogP contribution >= 0.6 is 15.2 Å². The van der Waals surface area contributed by atoms with E-state index in [0.717, 1.165) is 51.4 Å². The van der Waals surface area contributed by atoms with Crippen molar-refractivity contribution in [2.45, 2.75) is 79.1 Å². The molecule has 0 saturated carbocycles. The molecule has 0 aliphatic rings. The third kappa shape index (κ3) is 20.3. The molecule has 24 heavy (non-hydrogen) atoms. The normalized spacial score (nSPS) is 14.7. The van der Waals surface area contributed by atoms with Gasteiger partial charge in [0.15, 0.2) is 0 Å². The van der Waals surface area contributed by atoms with Gasteiger partial charge in [-0.15, -0.1) is 0 Å². The van der Waals surface area contributed by atoms with Crippen LogP contribution < -0.4 is 0 Å². The minimum atomic E-state index is -3.78. The van der Waals surface area contributed by atoms with Gasteiger partial charge in [0.1, 0.15) is 0 Å². The van der Waals surface area contributed by atoms with Crippen molar-refractivity contribution in [3.8, 4) is 0 Å². The first-order valence-corrected chi connectivity index (χ1v) is 12.7. The lowest BCUT2D eigenvalue weighted by Gasteiger charge is -2.14.